The molecule has 0 spiro atoms. The van der Waals surface area contributed by atoms with Crippen LogP contribution in [0.5, 0.6) is 0 Å². The monoisotopic (exact) mass is 396 g/mol. The number of morpholine rings is 1. The summed E-state index contributed by atoms with van der Waals surface area (Å²) in [6, 6.07) is 17.7. The molecule has 0 N–H and O–H groups in total. The molecule has 1 aliphatic heterocycles. The van der Waals surface area contributed by atoms with Gasteiger partial charge in [-0.05, 0) is 24.3 Å². The molecule has 3 aromatic rings. The molecule has 126 valence electrons. The third kappa shape index (κ3) is 3.30. The predicted molar refractivity (Wildman–Crippen MR) is 102 cm³/mol. The van der Waals surface area contributed by atoms with Gasteiger partial charge in [-0.15, -0.1) is 0 Å². The summed E-state index contributed by atoms with van der Waals surface area (Å²) >= 11 is 3.50. The second-order valence-electron chi connectivity index (χ2n) is 5.99. The predicted octanol–water partition coefficient (Wildman–Crippen LogP) is 4.14. The fourth-order valence-corrected chi connectivity index (χ4v) is 3.43. The number of carbonyl (C=O) groups excluding carboxylic acids is 1. The highest BCUT2D eigenvalue weighted by atomic mass is 79.9. The smallest absolute Gasteiger partial charge is 0.254 e. The lowest BCUT2D eigenvalue weighted by Crippen LogP contribution is -2.40. The molecule has 0 atom stereocenters. The van der Waals surface area contributed by atoms with Crippen LogP contribution < -0.4 is 0 Å². The van der Waals surface area contributed by atoms with E-state index in [0.717, 1.165) is 26.6 Å². The van der Waals surface area contributed by atoms with E-state index in [1.54, 1.807) is 0 Å². The molecule has 2 heterocycles. The fraction of sp³-hybridized carbons (Fsp3) is 0.200. The molecule has 0 saturated carbocycles. The molecule has 0 radical (unpaired) electrons. The molecule has 0 aliphatic carbocycles. The summed E-state index contributed by atoms with van der Waals surface area (Å²) in [5.74, 6) is 0.0333. The van der Waals surface area contributed by atoms with Crippen molar-refractivity contribution in [1.29, 1.82) is 0 Å². The number of ether oxygens (including phenoxy) is 1. The Bertz CT molecular complexity index is 922. The molecular formula is C20H17BrN2O2. The number of fused-ring (bicyclic) bond motifs is 1. The molecule has 1 aliphatic rings. The summed E-state index contributed by atoms with van der Waals surface area (Å²) in [7, 11) is 0. The van der Waals surface area contributed by atoms with Crippen LogP contribution >= 0.6 is 15.9 Å². The van der Waals surface area contributed by atoms with E-state index in [2.05, 4.69) is 15.9 Å². The van der Waals surface area contributed by atoms with E-state index in [4.69, 9.17) is 9.72 Å². The van der Waals surface area contributed by atoms with Crippen molar-refractivity contribution in [2.75, 3.05) is 26.3 Å². The third-order valence-corrected chi connectivity index (χ3v) is 4.86. The minimum absolute atomic E-state index is 0.0333. The Labute approximate surface area is 154 Å². The highest BCUT2D eigenvalue weighted by molar-refractivity contribution is 9.10. The molecule has 5 heteroatoms. The summed E-state index contributed by atoms with van der Waals surface area (Å²) in [6.07, 6.45) is 0. The largest absolute Gasteiger partial charge is 0.378 e. The quantitative estimate of drug-likeness (QED) is 0.653. The second kappa shape index (κ2) is 6.94. The summed E-state index contributed by atoms with van der Waals surface area (Å²) in [5.41, 5.74) is 3.32. The van der Waals surface area contributed by atoms with Gasteiger partial charge in [0.1, 0.15) is 0 Å². The van der Waals surface area contributed by atoms with E-state index in [1.807, 2.05) is 59.5 Å². The van der Waals surface area contributed by atoms with E-state index >= 15 is 0 Å². The number of nitrogens with zero attached hydrogens (tertiary/aromatic N) is 2. The van der Waals surface area contributed by atoms with E-state index in [9.17, 15) is 4.79 Å². The molecule has 4 rings (SSSR count). The number of aromatic nitrogens is 1. The van der Waals surface area contributed by atoms with Gasteiger partial charge < -0.3 is 9.64 Å². The molecule has 1 fully saturated rings. The maximum absolute atomic E-state index is 13.1. The average molecular weight is 397 g/mol. The fourth-order valence-electron chi connectivity index (χ4n) is 3.07. The Morgan fingerprint density at radius 3 is 2.56 bits per heavy atom. The number of benzene rings is 2. The molecular weight excluding hydrogens is 380 g/mol. The van der Waals surface area contributed by atoms with Crippen molar-refractivity contribution in [2.45, 2.75) is 0 Å². The lowest BCUT2D eigenvalue weighted by Gasteiger charge is -2.27. The first-order chi connectivity index (χ1) is 12.2. The van der Waals surface area contributed by atoms with Gasteiger partial charge in [0.25, 0.3) is 5.91 Å². The van der Waals surface area contributed by atoms with Gasteiger partial charge in [-0.3, -0.25) is 4.79 Å². The van der Waals surface area contributed by atoms with Crippen LogP contribution in [0.3, 0.4) is 0 Å². The van der Waals surface area contributed by atoms with Crippen LogP contribution in [-0.4, -0.2) is 42.1 Å². The molecule has 1 amide bonds. The van der Waals surface area contributed by atoms with Crippen molar-refractivity contribution in [3.63, 3.8) is 0 Å². The van der Waals surface area contributed by atoms with Gasteiger partial charge in [0.15, 0.2) is 0 Å². The summed E-state index contributed by atoms with van der Waals surface area (Å²) in [5, 5.41) is 0.866. The zero-order chi connectivity index (χ0) is 17.2. The molecule has 1 aromatic heterocycles. The maximum Gasteiger partial charge on any atom is 0.254 e. The van der Waals surface area contributed by atoms with Crippen LogP contribution in [-0.2, 0) is 4.74 Å². The topological polar surface area (TPSA) is 42.4 Å². The Balaban J connectivity index is 1.87. The van der Waals surface area contributed by atoms with Crippen molar-refractivity contribution in [1.82, 2.24) is 9.88 Å². The molecule has 2 aromatic carbocycles. The average Bonchev–Trinajstić information content (AvgIpc) is 2.68. The van der Waals surface area contributed by atoms with Gasteiger partial charge in [0.2, 0.25) is 0 Å². The standard InChI is InChI=1S/C20H17BrN2O2/c21-15-6-7-18-16(12-15)17(20(24)23-8-10-25-11-9-23)13-19(22-18)14-4-2-1-3-5-14/h1-7,12-13H,8-11H2. The Hall–Kier alpha value is -2.24. The molecule has 0 bridgehead atoms. The number of pyridine rings is 1. The number of amides is 1. The van der Waals surface area contributed by atoms with Crippen molar-refractivity contribution < 1.29 is 9.53 Å². The van der Waals surface area contributed by atoms with Crippen LogP contribution in [0, 0.1) is 0 Å². The first-order valence-corrected chi connectivity index (χ1v) is 9.04. The van der Waals surface area contributed by atoms with Gasteiger partial charge in [0.05, 0.1) is 30.0 Å². The number of hydrogen-bond acceptors (Lipinski definition) is 3. The van der Waals surface area contributed by atoms with E-state index in [-0.39, 0.29) is 5.91 Å². The number of hydrogen-bond donors (Lipinski definition) is 0. The lowest BCUT2D eigenvalue weighted by molar-refractivity contribution is 0.0304. The Kier molecular flexibility index (Phi) is 4.51. The van der Waals surface area contributed by atoms with Crippen molar-refractivity contribution in [3.8, 4) is 11.3 Å². The molecule has 4 nitrogen and oxygen atoms in total. The Morgan fingerprint density at radius 2 is 1.80 bits per heavy atom. The molecule has 25 heavy (non-hydrogen) atoms. The Morgan fingerprint density at radius 1 is 1.04 bits per heavy atom. The van der Waals surface area contributed by atoms with Crippen molar-refractivity contribution in [3.05, 3.63) is 64.6 Å². The normalized spacial score (nSPS) is 14.7. The number of halogens is 1. The van der Waals surface area contributed by atoms with Crippen molar-refractivity contribution >= 4 is 32.7 Å². The summed E-state index contributed by atoms with van der Waals surface area (Å²) in [4.78, 5) is 19.7. The lowest BCUT2D eigenvalue weighted by atomic mass is 10.0. The van der Waals surface area contributed by atoms with E-state index in [0.29, 0.717) is 31.9 Å². The molecule has 1 saturated heterocycles. The van der Waals surface area contributed by atoms with Gasteiger partial charge >= 0.3 is 0 Å². The third-order valence-electron chi connectivity index (χ3n) is 4.37. The van der Waals surface area contributed by atoms with Gasteiger partial charge in [0, 0.05) is 28.5 Å². The highest BCUT2D eigenvalue weighted by Gasteiger charge is 2.22. The summed E-state index contributed by atoms with van der Waals surface area (Å²) in [6.45, 7) is 2.42. The van der Waals surface area contributed by atoms with Crippen molar-refractivity contribution in [2.24, 2.45) is 0 Å². The minimum Gasteiger partial charge on any atom is -0.378 e. The second-order valence-corrected chi connectivity index (χ2v) is 6.90. The van der Waals surface area contributed by atoms with Crippen LogP contribution in [0.4, 0.5) is 0 Å². The van der Waals surface area contributed by atoms with Crippen LogP contribution in [0.15, 0.2) is 59.1 Å². The number of rotatable bonds is 2. The SMILES string of the molecule is O=C(c1cc(-c2ccccc2)nc2ccc(Br)cc12)N1CCOCC1. The number of carbonyl (C=O) groups is 1. The summed E-state index contributed by atoms with van der Waals surface area (Å²) < 4.78 is 6.31. The van der Waals surface area contributed by atoms with Gasteiger partial charge in [-0.1, -0.05) is 46.3 Å². The maximum atomic E-state index is 13.1. The van der Waals surface area contributed by atoms with Gasteiger partial charge in [-0.25, -0.2) is 4.98 Å². The minimum atomic E-state index is 0.0333. The van der Waals surface area contributed by atoms with Gasteiger partial charge in [-0.2, -0.15) is 0 Å². The highest BCUT2D eigenvalue weighted by Crippen LogP contribution is 2.28. The molecule has 0 unspecified atom stereocenters. The zero-order valence-electron chi connectivity index (χ0n) is 13.6. The van der Waals surface area contributed by atoms with E-state index in [1.165, 1.54) is 0 Å². The van der Waals surface area contributed by atoms with Crippen LogP contribution in [0.1, 0.15) is 10.4 Å². The first-order valence-electron chi connectivity index (χ1n) is 8.25. The van der Waals surface area contributed by atoms with Crippen LogP contribution in [0.25, 0.3) is 22.2 Å². The van der Waals surface area contributed by atoms with Crippen LogP contribution in [0.2, 0.25) is 0 Å². The van der Waals surface area contributed by atoms with E-state index < -0.39 is 0 Å². The zero-order valence-corrected chi connectivity index (χ0v) is 15.2. The first kappa shape index (κ1) is 16.2.